The molecule has 20 heteroatoms. The molecule has 3 aliphatic rings. The lowest BCUT2D eigenvalue weighted by atomic mass is 9.88. The fraction of sp³-hybridized carbons (Fsp3) is 0.913. The number of nitrogens with one attached hydrogen (secondary N) is 1. The number of hydrogen-bond donors (Lipinski definition) is 13. The molecular weight excluding hydrogens is 594 g/mol. The Morgan fingerprint density at radius 1 is 0.907 bits per heavy atom. The number of carbonyl (C=O) groups is 2. The molecule has 0 aromatic heterocycles. The Balaban J connectivity index is 1.94. The number of ether oxygens (including phenoxy) is 5. The Hall–Kier alpha value is -1.70. The first kappa shape index (κ1) is 35.8. The van der Waals surface area contributed by atoms with Crippen molar-refractivity contribution in [3.63, 3.8) is 0 Å². The van der Waals surface area contributed by atoms with Crippen molar-refractivity contribution in [1.29, 1.82) is 0 Å². The van der Waals surface area contributed by atoms with Crippen molar-refractivity contribution in [3.8, 4) is 0 Å². The summed E-state index contributed by atoms with van der Waals surface area (Å²) in [7, 11) is 0. The zero-order chi connectivity index (χ0) is 32.4. The van der Waals surface area contributed by atoms with Crippen molar-refractivity contribution in [2.24, 2.45) is 0 Å². The summed E-state index contributed by atoms with van der Waals surface area (Å²) in [6.45, 7) is -1.85. The van der Waals surface area contributed by atoms with Crippen LogP contribution in [0.4, 0.5) is 0 Å². The Morgan fingerprint density at radius 3 is 2.07 bits per heavy atom. The summed E-state index contributed by atoms with van der Waals surface area (Å²) in [4.78, 5) is 24.3. The fourth-order valence-electron chi connectivity index (χ4n) is 5.16. The van der Waals surface area contributed by atoms with E-state index in [9.17, 15) is 70.9 Å². The van der Waals surface area contributed by atoms with Gasteiger partial charge in [0.25, 0.3) is 5.79 Å². The minimum absolute atomic E-state index is 0.749. The molecule has 0 radical (unpaired) electrons. The number of aliphatic carboxylic acids is 1. The van der Waals surface area contributed by atoms with Crippen molar-refractivity contribution < 1.29 is 94.6 Å². The van der Waals surface area contributed by atoms with Crippen molar-refractivity contribution in [2.45, 2.75) is 111 Å². The summed E-state index contributed by atoms with van der Waals surface area (Å²) in [6.07, 6.45) is -27.8. The minimum Gasteiger partial charge on any atom is -0.477 e. The molecule has 16 atom stereocenters. The lowest BCUT2D eigenvalue weighted by Crippen LogP contribution is -2.70. The van der Waals surface area contributed by atoms with Gasteiger partial charge in [0.05, 0.1) is 32.0 Å². The van der Waals surface area contributed by atoms with E-state index in [0.717, 1.165) is 6.92 Å². The molecule has 0 saturated carbocycles. The second kappa shape index (κ2) is 14.6. The SMILES string of the molecule is CC(=O)N[C@H]1C(C(O)C(O)CO)O[C@@](OC2C(O)[C@H](O[C@@H]3C(CO)O[C@@H](O)C(O)C3O)OC(CO)[C@@H]2O)(C(=O)O)C[C@H]1O. The second-order valence-corrected chi connectivity index (χ2v) is 10.5. The molecule has 0 aromatic carbocycles. The summed E-state index contributed by atoms with van der Waals surface area (Å²) in [6, 6.07) is -1.54. The number of carboxylic acids is 1. The molecule has 3 heterocycles. The fourth-order valence-corrected chi connectivity index (χ4v) is 5.16. The first-order valence-electron chi connectivity index (χ1n) is 13.2. The Bertz CT molecular complexity index is 942. The van der Waals surface area contributed by atoms with E-state index in [-0.39, 0.29) is 0 Å². The normalized spacial score (nSPS) is 45.3. The summed E-state index contributed by atoms with van der Waals surface area (Å²) in [5.41, 5.74) is 0. The van der Waals surface area contributed by atoms with Crippen molar-refractivity contribution in [3.05, 3.63) is 0 Å². The zero-order valence-corrected chi connectivity index (χ0v) is 22.7. The highest BCUT2D eigenvalue weighted by molar-refractivity contribution is 5.76. The highest BCUT2D eigenvalue weighted by Crippen LogP contribution is 2.38. The van der Waals surface area contributed by atoms with Crippen LogP contribution in [-0.4, -0.2) is 191 Å². The lowest BCUT2D eigenvalue weighted by Gasteiger charge is -2.50. The van der Waals surface area contributed by atoms with Gasteiger partial charge in [0.2, 0.25) is 5.91 Å². The van der Waals surface area contributed by atoms with Gasteiger partial charge in [-0.25, -0.2) is 4.79 Å². The minimum atomic E-state index is -3.02. The summed E-state index contributed by atoms with van der Waals surface area (Å²) in [5.74, 6) is -5.74. The van der Waals surface area contributed by atoms with Gasteiger partial charge in [-0.15, -0.1) is 0 Å². The van der Waals surface area contributed by atoms with Gasteiger partial charge in [-0.1, -0.05) is 0 Å². The molecule has 3 saturated heterocycles. The number of carboxylic acid groups (broad SMARTS) is 1. The van der Waals surface area contributed by atoms with Crippen molar-refractivity contribution >= 4 is 11.9 Å². The van der Waals surface area contributed by atoms with Gasteiger partial charge in [0.15, 0.2) is 12.6 Å². The third-order valence-electron chi connectivity index (χ3n) is 7.47. The largest absolute Gasteiger partial charge is 0.477 e. The first-order valence-corrected chi connectivity index (χ1v) is 13.2. The van der Waals surface area contributed by atoms with Crippen LogP contribution < -0.4 is 5.32 Å². The number of amides is 1. The maximum Gasteiger partial charge on any atom is 0.364 e. The van der Waals surface area contributed by atoms with E-state index >= 15 is 0 Å². The van der Waals surface area contributed by atoms with Gasteiger partial charge in [-0.05, 0) is 0 Å². The molecule has 3 rings (SSSR count). The van der Waals surface area contributed by atoms with Gasteiger partial charge in [-0.2, -0.15) is 0 Å². The quantitative estimate of drug-likeness (QED) is 0.100. The number of rotatable bonds is 11. The van der Waals surface area contributed by atoms with Crippen LogP contribution in [0.5, 0.6) is 0 Å². The Morgan fingerprint density at radius 2 is 1.53 bits per heavy atom. The van der Waals surface area contributed by atoms with Crippen LogP contribution in [0.15, 0.2) is 0 Å². The molecule has 0 spiro atoms. The van der Waals surface area contributed by atoms with Crippen LogP contribution in [0.1, 0.15) is 13.3 Å². The van der Waals surface area contributed by atoms with Gasteiger partial charge in [-0.3, -0.25) is 4.79 Å². The molecule has 3 fully saturated rings. The van der Waals surface area contributed by atoms with Gasteiger partial charge in [0.1, 0.15) is 67.1 Å². The van der Waals surface area contributed by atoms with Crippen LogP contribution in [0.25, 0.3) is 0 Å². The highest BCUT2D eigenvalue weighted by atomic mass is 16.8. The average molecular weight is 634 g/mol. The average Bonchev–Trinajstić information content (AvgIpc) is 2.96. The molecule has 43 heavy (non-hydrogen) atoms. The molecule has 20 nitrogen and oxygen atoms in total. The molecule has 1 amide bonds. The molecule has 0 aliphatic carbocycles. The molecule has 0 aromatic rings. The van der Waals surface area contributed by atoms with E-state index in [1.54, 1.807) is 0 Å². The molecule has 3 aliphatic heterocycles. The molecule has 13 N–H and O–H groups in total. The third-order valence-corrected chi connectivity index (χ3v) is 7.47. The monoisotopic (exact) mass is 633 g/mol. The number of aliphatic hydroxyl groups excluding tert-OH is 11. The van der Waals surface area contributed by atoms with Crippen molar-refractivity contribution in [1.82, 2.24) is 5.32 Å². The van der Waals surface area contributed by atoms with E-state index in [2.05, 4.69) is 5.32 Å². The number of carbonyl (C=O) groups excluding carboxylic acids is 1. The Kier molecular flexibility index (Phi) is 12.1. The summed E-state index contributed by atoms with van der Waals surface area (Å²) in [5, 5.41) is 124. The Labute approximate surface area is 243 Å². The number of aliphatic hydroxyl groups is 11. The maximum absolute atomic E-state index is 12.5. The molecule has 9 unspecified atom stereocenters. The summed E-state index contributed by atoms with van der Waals surface area (Å²) < 4.78 is 26.8. The van der Waals surface area contributed by atoms with Crippen LogP contribution >= 0.6 is 0 Å². The molecule has 0 bridgehead atoms. The van der Waals surface area contributed by atoms with E-state index < -0.39 is 136 Å². The van der Waals surface area contributed by atoms with Crippen LogP contribution in [0.3, 0.4) is 0 Å². The van der Waals surface area contributed by atoms with E-state index in [4.69, 9.17) is 23.7 Å². The zero-order valence-electron chi connectivity index (χ0n) is 22.7. The predicted octanol–water partition coefficient (Wildman–Crippen LogP) is -8.22. The molecular formula is C23H39NO19. The van der Waals surface area contributed by atoms with Gasteiger partial charge >= 0.3 is 5.97 Å². The lowest BCUT2D eigenvalue weighted by molar-refractivity contribution is -0.385. The maximum atomic E-state index is 12.5. The topological polar surface area (TPSA) is 335 Å². The van der Waals surface area contributed by atoms with E-state index in [1.807, 2.05) is 0 Å². The van der Waals surface area contributed by atoms with E-state index in [1.165, 1.54) is 0 Å². The van der Waals surface area contributed by atoms with Crippen LogP contribution in [0, 0.1) is 0 Å². The van der Waals surface area contributed by atoms with Gasteiger partial charge < -0.3 is 90.3 Å². The highest BCUT2D eigenvalue weighted by Gasteiger charge is 2.60. The molecule has 250 valence electrons. The van der Waals surface area contributed by atoms with E-state index in [0.29, 0.717) is 0 Å². The van der Waals surface area contributed by atoms with Crippen LogP contribution in [0.2, 0.25) is 0 Å². The van der Waals surface area contributed by atoms with Crippen LogP contribution in [-0.2, 0) is 33.3 Å². The second-order valence-electron chi connectivity index (χ2n) is 10.5. The standard InChI is InChI=1S/C23H39NO19/c1-6(28)24-11-7(29)2-23(22(37)38,42-18(11)12(31)8(30)3-25)43-19-13(32)9(4-26)40-21(16(19)35)41-17-10(5-27)39-20(36)15(34)14(17)33/h7-21,25-27,29-36H,2-5H2,1H3,(H,24,28)(H,37,38)/t7-,8?,9?,10?,11-,12?,13+,14?,15?,16?,17-,18?,19?,20-,21+,23+/m1/s1. The number of hydrogen-bond acceptors (Lipinski definition) is 18. The third kappa shape index (κ3) is 7.41. The summed E-state index contributed by atoms with van der Waals surface area (Å²) >= 11 is 0. The van der Waals surface area contributed by atoms with Crippen molar-refractivity contribution in [2.75, 3.05) is 19.8 Å². The first-order chi connectivity index (χ1) is 20.1. The predicted molar refractivity (Wildman–Crippen MR) is 130 cm³/mol. The smallest absolute Gasteiger partial charge is 0.364 e. The van der Waals surface area contributed by atoms with Gasteiger partial charge in [0, 0.05) is 13.3 Å².